The summed E-state index contributed by atoms with van der Waals surface area (Å²) in [6, 6.07) is 5.48. The van der Waals surface area contributed by atoms with E-state index in [1.807, 2.05) is 12.1 Å². The van der Waals surface area contributed by atoms with E-state index in [0.29, 0.717) is 43.1 Å². The number of carbonyl (C=O) groups excluding carboxylic acids is 3. The number of carbonyl (C=O) groups is 3. The average molecular weight is 463 g/mol. The summed E-state index contributed by atoms with van der Waals surface area (Å²) in [6.45, 7) is 0.558. The van der Waals surface area contributed by atoms with Gasteiger partial charge in [-0.15, -0.1) is 11.3 Å². The number of hydrogen-bond acceptors (Lipinski definition) is 9. The molecule has 172 valence electrons. The van der Waals surface area contributed by atoms with Crippen molar-refractivity contribution >= 4 is 29.2 Å². The summed E-state index contributed by atoms with van der Waals surface area (Å²) < 4.78 is 20.4. The minimum Gasteiger partial charge on any atom is -0.493 e. The lowest BCUT2D eigenvalue weighted by Gasteiger charge is -2.30. The number of likely N-dealkylation sites (tertiary alicyclic amines) is 1. The van der Waals surface area contributed by atoms with E-state index < -0.39 is 5.97 Å². The molecule has 1 amide bonds. The molecule has 9 nitrogen and oxygen atoms in total. The molecule has 0 spiro atoms. The van der Waals surface area contributed by atoms with E-state index in [9.17, 15) is 14.4 Å². The van der Waals surface area contributed by atoms with Crippen LogP contribution in [0.1, 0.15) is 18.5 Å². The van der Waals surface area contributed by atoms with Crippen LogP contribution in [0.5, 0.6) is 11.5 Å². The van der Waals surface area contributed by atoms with Crippen molar-refractivity contribution in [3.05, 3.63) is 29.3 Å². The molecule has 1 aromatic carbocycles. The van der Waals surface area contributed by atoms with E-state index in [4.69, 9.17) is 18.9 Å². The smallest absolute Gasteiger partial charge is 0.312 e. The molecule has 0 saturated carbocycles. The summed E-state index contributed by atoms with van der Waals surface area (Å²) in [5.74, 6) is -0.0145. The molecule has 0 bridgehead atoms. The third-order valence-corrected chi connectivity index (χ3v) is 6.19. The van der Waals surface area contributed by atoms with Gasteiger partial charge in [0.15, 0.2) is 18.1 Å². The van der Waals surface area contributed by atoms with Crippen LogP contribution in [-0.2, 0) is 30.3 Å². The molecule has 0 N–H and O–H groups in total. The van der Waals surface area contributed by atoms with Gasteiger partial charge < -0.3 is 23.8 Å². The lowest BCUT2D eigenvalue weighted by atomic mass is 9.97. The number of aromatic nitrogens is 1. The lowest BCUT2D eigenvalue weighted by Crippen LogP contribution is -2.42. The van der Waals surface area contributed by atoms with E-state index in [2.05, 4.69) is 4.98 Å². The van der Waals surface area contributed by atoms with Crippen LogP contribution < -0.4 is 9.47 Å². The van der Waals surface area contributed by atoms with Gasteiger partial charge in [-0.25, -0.2) is 4.98 Å². The van der Waals surface area contributed by atoms with Gasteiger partial charge in [-0.05, 0) is 31.0 Å². The molecular formula is C22H26N2O7S. The van der Waals surface area contributed by atoms with Gasteiger partial charge in [-0.1, -0.05) is 0 Å². The van der Waals surface area contributed by atoms with E-state index in [1.165, 1.54) is 18.4 Å². The second kappa shape index (κ2) is 10.9. The number of hydrogen-bond donors (Lipinski definition) is 0. The van der Waals surface area contributed by atoms with Crippen molar-refractivity contribution in [1.29, 1.82) is 0 Å². The van der Waals surface area contributed by atoms with Gasteiger partial charge in [-0.2, -0.15) is 0 Å². The Morgan fingerprint density at radius 2 is 1.81 bits per heavy atom. The van der Waals surface area contributed by atoms with Crippen LogP contribution in [0.3, 0.4) is 0 Å². The number of rotatable bonds is 8. The molecule has 1 aromatic heterocycles. The molecule has 0 atom stereocenters. The second-order valence-corrected chi connectivity index (χ2v) is 8.09. The number of thiazole rings is 1. The molecule has 2 aromatic rings. The molecular weight excluding hydrogens is 436 g/mol. The molecule has 1 saturated heterocycles. The van der Waals surface area contributed by atoms with Crippen molar-refractivity contribution in [2.45, 2.75) is 19.3 Å². The van der Waals surface area contributed by atoms with E-state index >= 15 is 0 Å². The van der Waals surface area contributed by atoms with Crippen molar-refractivity contribution < 1.29 is 33.3 Å². The first-order chi connectivity index (χ1) is 15.4. The Labute approximate surface area is 190 Å². The zero-order valence-electron chi connectivity index (χ0n) is 18.3. The zero-order chi connectivity index (χ0) is 23.1. The summed E-state index contributed by atoms with van der Waals surface area (Å²) >= 11 is 1.40. The van der Waals surface area contributed by atoms with Crippen LogP contribution in [0, 0.1) is 5.92 Å². The van der Waals surface area contributed by atoms with Crippen molar-refractivity contribution in [1.82, 2.24) is 9.88 Å². The number of methoxy groups -OCH3 is 3. The van der Waals surface area contributed by atoms with E-state index in [-0.39, 0.29) is 30.8 Å². The average Bonchev–Trinajstić information content (AvgIpc) is 3.29. The Morgan fingerprint density at radius 1 is 1.09 bits per heavy atom. The summed E-state index contributed by atoms with van der Waals surface area (Å²) in [6.07, 6.45) is 1.07. The Kier molecular flexibility index (Phi) is 8.04. The summed E-state index contributed by atoms with van der Waals surface area (Å²) in [7, 11) is 4.49. The monoisotopic (exact) mass is 462 g/mol. The predicted octanol–water partition coefficient (Wildman–Crippen LogP) is 2.32. The fourth-order valence-electron chi connectivity index (χ4n) is 3.45. The molecule has 1 fully saturated rings. The number of benzene rings is 1. The number of esters is 2. The fourth-order valence-corrected chi connectivity index (χ4v) is 4.27. The largest absolute Gasteiger partial charge is 0.493 e. The highest BCUT2D eigenvalue weighted by Gasteiger charge is 2.28. The second-order valence-electron chi connectivity index (χ2n) is 7.23. The first kappa shape index (κ1) is 23.5. The quantitative estimate of drug-likeness (QED) is 0.551. The molecule has 0 aliphatic carbocycles. The maximum atomic E-state index is 12.3. The van der Waals surface area contributed by atoms with Crippen LogP contribution in [0.15, 0.2) is 23.6 Å². The summed E-state index contributed by atoms with van der Waals surface area (Å²) in [5.41, 5.74) is 1.41. The first-order valence-corrected chi connectivity index (χ1v) is 11.0. The van der Waals surface area contributed by atoms with Crippen molar-refractivity contribution in [2.24, 2.45) is 5.92 Å². The molecule has 1 aliphatic rings. The molecule has 1 aliphatic heterocycles. The van der Waals surface area contributed by atoms with Crippen LogP contribution in [0.4, 0.5) is 0 Å². The molecule has 2 heterocycles. The lowest BCUT2D eigenvalue weighted by molar-refractivity contribution is -0.153. The minimum absolute atomic E-state index is 0.0263. The fraction of sp³-hybridized carbons (Fsp3) is 0.455. The Bertz CT molecular complexity index is 967. The topological polar surface area (TPSA) is 104 Å². The van der Waals surface area contributed by atoms with Gasteiger partial charge in [0, 0.05) is 24.0 Å². The number of ether oxygens (including phenoxy) is 4. The van der Waals surface area contributed by atoms with E-state index in [1.54, 1.807) is 30.6 Å². The summed E-state index contributed by atoms with van der Waals surface area (Å²) in [4.78, 5) is 42.1. The van der Waals surface area contributed by atoms with Crippen LogP contribution >= 0.6 is 11.3 Å². The van der Waals surface area contributed by atoms with Crippen molar-refractivity contribution in [3.8, 4) is 22.1 Å². The standard InChI is InChI=1S/C22H26N2O7S/c1-28-17-5-4-15(10-18(17)29-2)21-23-16(13-32-21)11-20(26)31-12-19(25)24-8-6-14(7-9-24)22(27)30-3/h4-5,10,13-14H,6-9,11-12H2,1-3H3. The van der Waals surface area contributed by atoms with Crippen LogP contribution in [-0.4, -0.2) is 68.8 Å². The van der Waals surface area contributed by atoms with E-state index in [0.717, 1.165) is 10.6 Å². The van der Waals surface area contributed by atoms with Crippen molar-refractivity contribution in [2.75, 3.05) is 41.0 Å². The van der Waals surface area contributed by atoms with Crippen molar-refractivity contribution in [3.63, 3.8) is 0 Å². The Balaban J connectivity index is 1.48. The zero-order valence-corrected chi connectivity index (χ0v) is 19.1. The molecule has 0 unspecified atom stereocenters. The number of amides is 1. The van der Waals surface area contributed by atoms with Gasteiger partial charge in [-0.3, -0.25) is 14.4 Å². The number of nitrogens with zero attached hydrogens (tertiary/aromatic N) is 2. The Morgan fingerprint density at radius 3 is 2.47 bits per heavy atom. The third kappa shape index (κ3) is 5.76. The number of piperidine rings is 1. The SMILES string of the molecule is COC(=O)C1CCN(C(=O)COC(=O)Cc2csc(-c3ccc(OC)c(OC)c3)n2)CC1. The van der Waals surface area contributed by atoms with Crippen LogP contribution in [0.2, 0.25) is 0 Å². The highest BCUT2D eigenvalue weighted by atomic mass is 32.1. The van der Waals surface area contributed by atoms with Gasteiger partial charge in [0.05, 0.1) is 39.4 Å². The predicted molar refractivity (Wildman–Crippen MR) is 117 cm³/mol. The Hall–Kier alpha value is -3.14. The first-order valence-electron chi connectivity index (χ1n) is 10.1. The molecule has 10 heteroatoms. The molecule has 0 radical (unpaired) electrons. The normalized spacial score (nSPS) is 14.0. The van der Waals surface area contributed by atoms with Gasteiger partial charge in [0.2, 0.25) is 0 Å². The maximum Gasteiger partial charge on any atom is 0.312 e. The van der Waals surface area contributed by atoms with Gasteiger partial charge in [0.1, 0.15) is 5.01 Å². The van der Waals surface area contributed by atoms with Gasteiger partial charge >= 0.3 is 11.9 Å². The molecule has 3 rings (SSSR count). The third-order valence-electron chi connectivity index (χ3n) is 5.25. The highest BCUT2D eigenvalue weighted by Crippen LogP contribution is 2.33. The van der Waals surface area contributed by atoms with Crippen LogP contribution in [0.25, 0.3) is 10.6 Å². The van der Waals surface area contributed by atoms with Gasteiger partial charge in [0.25, 0.3) is 5.91 Å². The maximum absolute atomic E-state index is 12.3. The summed E-state index contributed by atoms with van der Waals surface area (Å²) in [5, 5.41) is 2.52. The molecule has 32 heavy (non-hydrogen) atoms. The minimum atomic E-state index is -0.521. The highest BCUT2D eigenvalue weighted by molar-refractivity contribution is 7.13.